The first-order chi connectivity index (χ1) is 5.74. The van der Waals surface area contributed by atoms with Crippen LogP contribution < -0.4 is 0 Å². The minimum absolute atomic E-state index is 0.107. The van der Waals surface area contributed by atoms with E-state index in [0.29, 0.717) is 0 Å². The molecule has 0 aliphatic heterocycles. The zero-order valence-electron chi connectivity index (χ0n) is 6.62. The summed E-state index contributed by atoms with van der Waals surface area (Å²) in [5.74, 6) is 0. The van der Waals surface area contributed by atoms with Crippen LogP contribution in [0.3, 0.4) is 0 Å². The number of benzene rings is 1. The minimum atomic E-state index is 0.107. The molecule has 0 aliphatic rings. The Bertz CT molecular complexity index is 301. The summed E-state index contributed by atoms with van der Waals surface area (Å²) in [6.07, 6.45) is 0. The Labute approximate surface area is 85.6 Å². The second kappa shape index (κ2) is 4.51. The highest BCUT2D eigenvalue weighted by Gasteiger charge is 2.00. The van der Waals surface area contributed by atoms with E-state index in [4.69, 9.17) is 0 Å². The zero-order chi connectivity index (χ0) is 8.97. The lowest BCUT2D eigenvalue weighted by Crippen LogP contribution is -1.87. The molecule has 0 radical (unpaired) electrons. The molecule has 0 fully saturated rings. The summed E-state index contributed by atoms with van der Waals surface area (Å²) in [4.78, 5) is 3.97. The normalized spacial score (nSPS) is 11.8. The second-order valence-electron chi connectivity index (χ2n) is 2.45. The van der Waals surface area contributed by atoms with Gasteiger partial charge in [0, 0.05) is 4.47 Å². The zero-order valence-corrected chi connectivity index (χ0v) is 9.02. The summed E-state index contributed by atoms with van der Waals surface area (Å²) in [5, 5.41) is 2.38. The Balaban J connectivity index is 2.89. The second-order valence-corrected chi connectivity index (χ2v) is 3.55. The van der Waals surface area contributed by atoms with Crippen LogP contribution in [0, 0.1) is 0 Å². The van der Waals surface area contributed by atoms with Gasteiger partial charge in [0.15, 0.2) is 0 Å². The van der Waals surface area contributed by atoms with Crippen LogP contribution >= 0.6 is 28.1 Å². The Morgan fingerprint density at radius 2 is 2.00 bits per heavy atom. The molecule has 62 valence electrons. The smallest absolute Gasteiger partial charge is 0.0824 e. The van der Waals surface area contributed by atoms with Crippen molar-refractivity contribution < 1.29 is 0 Å². The fourth-order valence-corrected chi connectivity index (χ4v) is 1.32. The van der Waals surface area contributed by atoms with Crippen LogP contribution in [-0.4, -0.2) is 5.16 Å². The van der Waals surface area contributed by atoms with E-state index < -0.39 is 0 Å². The molecule has 1 unspecified atom stereocenters. The van der Waals surface area contributed by atoms with Crippen LogP contribution in [0.1, 0.15) is 18.5 Å². The molecule has 3 heteroatoms. The first kappa shape index (κ1) is 9.59. The highest BCUT2D eigenvalue weighted by molar-refractivity contribution is 9.10. The number of thiocarbonyl (C=S) groups is 1. The summed E-state index contributed by atoms with van der Waals surface area (Å²) in [6, 6.07) is 8.13. The van der Waals surface area contributed by atoms with Crippen molar-refractivity contribution in [1.29, 1.82) is 0 Å². The Morgan fingerprint density at radius 1 is 1.42 bits per heavy atom. The molecule has 0 N–H and O–H groups in total. The Kier molecular flexibility index (Phi) is 3.60. The van der Waals surface area contributed by atoms with Crippen molar-refractivity contribution in [3.05, 3.63) is 34.3 Å². The molecule has 1 nitrogen and oxygen atoms in total. The van der Waals surface area contributed by atoms with Crippen molar-refractivity contribution in [1.82, 2.24) is 0 Å². The SMILES string of the molecule is CC(N=C=S)c1ccc(Br)cc1. The lowest BCUT2D eigenvalue weighted by molar-refractivity contribution is 0.828. The number of nitrogens with zero attached hydrogens (tertiary/aromatic N) is 1. The molecule has 0 bridgehead atoms. The van der Waals surface area contributed by atoms with Gasteiger partial charge in [-0.2, -0.15) is 0 Å². The largest absolute Gasteiger partial charge is 0.225 e. The van der Waals surface area contributed by atoms with E-state index in [1.165, 1.54) is 0 Å². The van der Waals surface area contributed by atoms with Crippen molar-refractivity contribution in [3.63, 3.8) is 0 Å². The fourth-order valence-electron chi connectivity index (χ4n) is 0.895. The molecule has 1 aromatic carbocycles. The molecular weight excluding hydrogens is 234 g/mol. The number of isothiocyanates is 1. The highest BCUT2D eigenvalue weighted by atomic mass is 79.9. The summed E-state index contributed by atoms with van der Waals surface area (Å²) < 4.78 is 1.07. The van der Waals surface area contributed by atoms with Crippen LogP contribution in [0.2, 0.25) is 0 Å². The van der Waals surface area contributed by atoms with E-state index in [0.717, 1.165) is 10.0 Å². The molecule has 1 atom stereocenters. The van der Waals surface area contributed by atoms with Gasteiger partial charge in [0.05, 0.1) is 11.2 Å². The lowest BCUT2D eigenvalue weighted by atomic mass is 10.1. The molecular formula is C9H8BrNS. The van der Waals surface area contributed by atoms with E-state index in [2.05, 4.69) is 38.3 Å². The van der Waals surface area contributed by atoms with Gasteiger partial charge in [-0.1, -0.05) is 28.1 Å². The van der Waals surface area contributed by atoms with Gasteiger partial charge in [-0.15, -0.1) is 0 Å². The summed E-state index contributed by atoms with van der Waals surface area (Å²) >= 11 is 7.89. The predicted octanol–water partition coefficient (Wildman–Crippen LogP) is 3.61. The van der Waals surface area contributed by atoms with Gasteiger partial charge in [-0.3, -0.25) is 0 Å². The average Bonchev–Trinajstić information content (AvgIpc) is 2.06. The van der Waals surface area contributed by atoms with E-state index in [-0.39, 0.29) is 6.04 Å². The Morgan fingerprint density at radius 3 is 2.50 bits per heavy atom. The highest BCUT2D eigenvalue weighted by Crippen LogP contribution is 2.18. The van der Waals surface area contributed by atoms with Crippen LogP contribution in [0.4, 0.5) is 0 Å². The quantitative estimate of drug-likeness (QED) is 0.570. The fraction of sp³-hybridized carbons (Fsp3) is 0.222. The molecule has 0 amide bonds. The van der Waals surface area contributed by atoms with Gasteiger partial charge in [0.2, 0.25) is 0 Å². The molecule has 0 heterocycles. The molecule has 0 aromatic heterocycles. The number of aliphatic imine (C=N–C) groups is 1. The summed E-state index contributed by atoms with van der Waals surface area (Å²) in [5.41, 5.74) is 1.15. The number of rotatable bonds is 2. The molecule has 0 saturated carbocycles. The van der Waals surface area contributed by atoms with Gasteiger partial charge >= 0.3 is 0 Å². The molecule has 12 heavy (non-hydrogen) atoms. The third kappa shape index (κ3) is 2.52. The van der Waals surface area contributed by atoms with E-state index in [1.54, 1.807) is 0 Å². The van der Waals surface area contributed by atoms with Gasteiger partial charge in [-0.05, 0) is 36.8 Å². The third-order valence-electron chi connectivity index (χ3n) is 1.60. The number of halogens is 1. The maximum Gasteiger partial charge on any atom is 0.0824 e. The van der Waals surface area contributed by atoms with Crippen LogP contribution in [0.5, 0.6) is 0 Å². The molecule has 0 saturated heterocycles. The number of hydrogen-bond donors (Lipinski definition) is 0. The maximum absolute atomic E-state index is 4.53. The van der Waals surface area contributed by atoms with Gasteiger partial charge < -0.3 is 0 Å². The van der Waals surface area contributed by atoms with Crippen LogP contribution in [0.15, 0.2) is 33.7 Å². The molecule has 1 rings (SSSR count). The standard InChI is InChI=1S/C9H8BrNS/c1-7(11-6-12)8-2-4-9(10)5-3-8/h2-5,7H,1H3. The molecule has 0 spiro atoms. The van der Waals surface area contributed by atoms with Crippen molar-refractivity contribution >= 4 is 33.3 Å². The van der Waals surface area contributed by atoms with Crippen molar-refractivity contribution in [2.75, 3.05) is 0 Å². The van der Waals surface area contributed by atoms with Crippen LogP contribution in [-0.2, 0) is 0 Å². The topological polar surface area (TPSA) is 12.4 Å². The summed E-state index contributed by atoms with van der Waals surface area (Å²) in [6.45, 7) is 1.99. The van der Waals surface area contributed by atoms with Crippen LogP contribution in [0.25, 0.3) is 0 Å². The van der Waals surface area contributed by atoms with E-state index >= 15 is 0 Å². The van der Waals surface area contributed by atoms with Crippen molar-refractivity contribution in [3.8, 4) is 0 Å². The predicted molar refractivity (Wildman–Crippen MR) is 57.6 cm³/mol. The first-order valence-electron chi connectivity index (χ1n) is 3.56. The van der Waals surface area contributed by atoms with Crippen molar-refractivity contribution in [2.45, 2.75) is 13.0 Å². The lowest BCUT2D eigenvalue weighted by Gasteiger charge is -2.03. The molecule has 0 aliphatic carbocycles. The monoisotopic (exact) mass is 241 g/mol. The number of hydrogen-bond acceptors (Lipinski definition) is 2. The maximum atomic E-state index is 4.53. The Hall–Kier alpha value is -0.500. The summed E-state index contributed by atoms with van der Waals surface area (Å²) in [7, 11) is 0. The van der Waals surface area contributed by atoms with Gasteiger partial charge in [0.1, 0.15) is 0 Å². The first-order valence-corrected chi connectivity index (χ1v) is 4.76. The van der Waals surface area contributed by atoms with E-state index in [9.17, 15) is 0 Å². The minimum Gasteiger partial charge on any atom is -0.225 e. The van der Waals surface area contributed by atoms with Crippen molar-refractivity contribution in [2.24, 2.45) is 4.99 Å². The third-order valence-corrected chi connectivity index (χ3v) is 2.23. The van der Waals surface area contributed by atoms with E-state index in [1.807, 2.05) is 31.2 Å². The average molecular weight is 242 g/mol. The van der Waals surface area contributed by atoms with Gasteiger partial charge in [-0.25, -0.2) is 4.99 Å². The van der Waals surface area contributed by atoms with Gasteiger partial charge in [0.25, 0.3) is 0 Å². The molecule has 1 aromatic rings.